The topological polar surface area (TPSA) is 229 Å². The highest BCUT2D eigenvalue weighted by atomic mass is 32.2. The molecular formula is C49H59N11O6S. The normalized spacial score (nSPS) is 18.3. The minimum absolute atomic E-state index is 0.00946. The van der Waals surface area contributed by atoms with Crippen molar-refractivity contribution in [2.24, 2.45) is 5.73 Å². The van der Waals surface area contributed by atoms with Crippen LogP contribution in [0.3, 0.4) is 0 Å². The summed E-state index contributed by atoms with van der Waals surface area (Å²) in [7, 11) is 0. The second-order valence-corrected chi connectivity index (χ2v) is 19.0. The average Bonchev–Trinajstić information content (AvgIpc) is 3.67. The van der Waals surface area contributed by atoms with Crippen molar-refractivity contribution in [2.75, 3.05) is 49.5 Å². The number of unbranched alkanes of at least 4 members (excludes halogenated alkanes) is 5. The number of rotatable bonds is 19. The van der Waals surface area contributed by atoms with E-state index in [-0.39, 0.29) is 55.4 Å². The maximum Gasteiger partial charge on any atom is 0.272 e. The average molecular weight is 930 g/mol. The Balaban J connectivity index is 0.671. The summed E-state index contributed by atoms with van der Waals surface area (Å²) in [6, 6.07) is 16.0. The van der Waals surface area contributed by atoms with E-state index in [1.54, 1.807) is 30.6 Å². The van der Waals surface area contributed by atoms with Crippen LogP contribution in [0.15, 0.2) is 83.0 Å². The highest BCUT2D eigenvalue weighted by molar-refractivity contribution is 7.99. The molecule has 4 aliphatic heterocycles. The Kier molecular flexibility index (Phi) is 15.7. The quantitative estimate of drug-likeness (QED) is 0.0626. The zero-order valence-electron chi connectivity index (χ0n) is 37.8. The van der Waals surface area contributed by atoms with Gasteiger partial charge in [-0.05, 0) is 98.2 Å². The molecule has 0 bridgehead atoms. The number of nitrogens with two attached hydrogens (primary N) is 1. The molecule has 18 heteroatoms. The second kappa shape index (κ2) is 22.1. The largest absolute Gasteiger partial charge is 0.394 e. The lowest BCUT2D eigenvalue weighted by atomic mass is 9.90. The third-order valence-corrected chi connectivity index (χ3v) is 14.0. The maximum absolute atomic E-state index is 13.0. The number of hydrogen-bond acceptors (Lipinski definition) is 14. The summed E-state index contributed by atoms with van der Waals surface area (Å²) < 4.78 is 0. The molecule has 0 radical (unpaired) electrons. The standard InChI is InChI=1S/C49H59N11O6S/c50-49(32-61)19-24-59(25-20-49)42-29-52-45(30-51-42)67-37-9-7-8-36(27-37)54-43(62)10-5-3-1-2-4-6-21-58-22-17-34(18-23-58)39-13-14-40(57-56-39)46(64)53-28-33-11-12-38-35(26-33)31-60(48(38)66)41-15-16-44(63)55-47(41)65/h7-9,11-14,17,26-27,29-30,41,61H,1-6,10,15-16,18-25,28,31-32,50H2,(H,53,64)(H,54,62)(H,55,63,65). The molecule has 0 saturated carbocycles. The number of anilines is 2. The number of fused-ring (bicyclic) bond motifs is 1. The number of imide groups is 1. The van der Waals surface area contributed by atoms with Crippen LogP contribution in [0, 0.1) is 0 Å². The van der Waals surface area contributed by atoms with Gasteiger partial charge < -0.3 is 31.3 Å². The Morgan fingerprint density at radius 3 is 2.46 bits per heavy atom. The van der Waals surface area contributed by atoms with E-state index < -0.39 is 17.5 Å². The summed E-state index contributed by atoms with van der Waals surface area (Å²) in [5.74, 6) is -0.532. The monoisotopic (exact) mass is 929 g/mol. The van der Waals surface area contributed by atoms with Crippen molar-refractivity contribution >= 4 is 58.4 Å². The number of benzene rings is 2. The number of aliphatic hydroxyl groups is 1. The van der Waals surface area contributed by atoms with Crippen LogP contribution in [0.4, 0.5) is 11.5 Å². The molecule has 8 rings (SSSR count). The van der Waals surface area contributed by atoms with Crippen molar-refractivity contribution in [3.63, 3.8) is 0 Å². The first-order chi connectivity index (χ1) is 32.5. The van der Waals surface area contributed by atoms with E-state index in [9.17, 15) is 29.1 Å². The van der Waals surface area contributed by atoms with Gasteiger partial charge in [0.2, 0.25) is 17.7 Å². The van der Waals surface area contributed by atoms with Gasteiger partial charge in [-0.25, -0.2) is 9.97 Å². The molecule has 0 aliphatic carbocycles. The minimum atomic E-state index is -0.676. The van der Waals surface area contributed by atoms with Crippen LogP contribution < -0.4 is 26.6 Å². The number of amides is 5. The SMILES string of the molecule is NC1(CO)CCN(c2cnc(Sc3cccc(NC(=O)CCCCCCCCN4CC=C(c5ccc(C(=O)NCc6ccc7c(c6)CN(C6CCC(=O)NC6=O)C7=O)nn5)CC4)c3)cn2)CC1. The number of carbonyl (C=O) groups is 5. The molecule has 4 aliphatic rings. The van der Waals surface area contributed by atoms with Gasteiger partial charge >= 0.3 is 0 Å². The number of piperidine rings is 2. The fourth-order valence-electron chi connectivity index (χ4n) is 8.96. The molecule has 6 heterocycles. The molecular weight excluding hydrogens is 871 g/mol. The molecule has 352 valence electrons. The number of aliphatic hydroxyl groups excluding tert-OH is 1. The van der Waals surface area contributed by atoms with Gasteiger partial charge in [0.25, 0.3) is 11.8 Å². The third kappa shape index (κ3) is 12.5. The molecule has 5 amide bonds. The Morgan fingerprint density at radius 1 is 0.910 bits per heavy atom. The summed E-state index contributed by atoms with van der Waals surface area (Å²) in [5.41, 5.74) is 10.7. The summed E-state index contributed by atoms with van der Waals surface area (Å²) in [4.78, 5) is 78.9. The maximum atomic E-state index is 13.0. The van der Waals surface area contributed by atoms with Crippen LogP contribution >= 0.6 is 11.8 Å². The first kappa shape index (κ1) is 47.4. The van der Waals surface area contributed by atoms with E-state index in [4.69, 9.17) is 5.73 Å². The van der Waals surface area contributed by atoms with Crippen LogP contribution in [0.1, 0.15) is 115 Å². The van der Waals surface area contributed by atoms with E-state index >= 15 is 0 Å². The third-order valence-electron chi connectivity index (χ3n) is 13.0. The first-order valence-electron chi connectivity index (χ1n) is 23.4. The smallest absolute Gasteiger partial charge is 0.272 e. The molecule has 1 unspecified atom stereocenters. The van der Waals surface area contributed by atoms with E-state index in [0.29, 0.717) is 31.2 Å². The lowest BCUT2D eigenvalue weighted by molar-refractivity contribution is -0.137. The van der Waals surface area contributed by atoms with E-state index in [2.05, 4.69) is 52.0 Å². The molecule has 2 aromatic heterocycles. The van der Waals surface area contributed by atoms with Gasteiger partial charge in [-0.3, -0.25) is 34.2 Å². The summed E-state index contributed by atoms with van der Waals surface area (Å²) in [6.07, 6.45) is 15.4. The van der Waals surface area contributed by atoms with Crippen molar-refractivity contribution in [1.82, 2.24) is 40.6 Å². The van der Waals surface area contributed by atoms with Gasteiger partial charge in [-0.2, -0.15) is 5.10 Å². The fraction of sp³-hybridized carbons (Fsp3) is 0.449. The zero-order chi connectivity index (χ0) is 46.8. The molecule has 17 nitrogen and oxygen atoms in total. The van der Waals surface area contributed by atoms with Crippen molar-refractivity contribution in [3.8, 4) is 0 Å². The van der Waals surface area contributed by atoms with Crippen molar-refractivity contribution in [1.29, 1.82) is 0 Å². The highest BCUT2D eigenvalue weighted by Crippen LogP contribution is 2.31. The Morgan fingerprint density at radius 2 is 1.73 bits per heavy atom. The summed E-state index contributed by atoms with van der Waals surface area (Å²) in [6.45, 7) is 4.78. The lowest BCUT2D eigenvalue weighted by Gasteiger charge is -2.38. The number of nitrogens with zero attached hydrogens (tertiary/aromatic N) is 7. The molecule has 4 aromatic rings. The minimum Gasteiger partial charge on any atom is -0.394 e. The van der Waals surface area contributed by atoms with Gasteiger partial charge in [0, 0.05) is 73.8 Å². The Labute approximate surface area is 394 Å². The van der Waals surface area contributed by atoms with Crippen LogP contribution in [0.25, 0.3) is 5.57 Å². The fourth-order valence-corrected chi connectivity index (χ4v) is 9.74. The number of aromatic nitrogens is 4. The predicted octanol–water partition coefficient (Wildman–Crippen LogP) is 4.86. The molecule has 0 spiro atoms. The number of nitrogens with one attached hydrogen (secondary N) is 3. The number of hydrogen-bond donors (Lipinski definition) is 5. The summed E-state index contributed by atoms with van der Waals surface area (Å²) >= 11 is 1.50. The van der Waals surface area contributed by atoms with Crippen molar-refractivity contribution in [3.05, 3.63) is 101 Å². The molecule has 6 N–H and O–H groups in total. The highest BCUT2D eigenvalue weighted by Gasteiger charge is 2.39. The van der Waals surface area contributed by atoms with Crippen molar-refractivity contribution in [2.45, 2.75) is 112 Å². The molecule has 2 fully saturated rings. The van der Waals surface area contributed by atoms with Gasteiger partial charge in [0.15, 0.2) is 5.69 Å². The van der Waals surface area contributed by atoms with E-state index in [1.165, 1.54) is 16.7 Å². The lowest BCUT2D eigenvalue weighted by Crippen LogP contribution is -2.53. The molecule has 2 aromatic carbocycles. The summed E-state index contributed by atoms with van der Waals surface area (Å²) in [5, 5.41) is 27.1. The molecule has 2 saturated heterocycles. The van der Waals surface area contributed by atoms with Gasteiger partial charge in [0.05, 0.1) is 24.7 Å². The van der Waals surface area contributed by atoms with Gasteiger partial charge in [-0.15, -0.1) is 5.10 Å². The number of carbonyl (C=O) groups excluding carboxylic acids is 5. The zero-order valence-corrected chi connectivity index (χ0v) is 38.6. The predicted molar refractivity (Wildman–Crippen MR) is 254 cm³/mol. The second-order valence-electron chi connectivity index (χ2n) is 17.9. The van der Waals surface area contributed by atoms with Gasteiger partial charge in [0.1, 0.15) is 16.9 Å². The van der Waals surface area contributed by atoms with Crippen LogP contribution in [0.2, 0.25) is 0 Å². The molecule has 1 atom stereocenters. The van der Waals surface area contributed by atoms with E-state index in [0.717, 1.165) is 121 Å². The first-order valence-corrected chi connectivity index (χ1v) is 24.2. The van der Waals surface area contributed by atoms with Crippen LogP contribution in [-0.2, 0) is 27.5 Å². The van der Waals surface area contributed by atoms with Gasteiger partial charge in [-0.1, -0.05) is 61.7 Å². The van der Waals surface area contributed by atoms with Crippen molar-refractivity contribution < 1.29 is 29.1 Å². The van der Waals surface area contributed by atoms with Crippen LogP contribution in [-0.4, -0.2) is 116 Å². The molecule has 67 heavy (non-hydrogen) atoms. The Bertz CT molecular complexity index is 2460. The van der Waals surface area contributed by atoms with E-state index in [1.807, 2.05) is 36.4 Å². The Hall–Kier alpha value is -6.08. The van der Waals surface area contributed by atoms with Crippen LogP contribution in [0.5, 0.6) is 0 Å².